The van der Waals surface area contributed by atoms with Crippen LogP contribution in [0.5, 0.6) is 11.6 Å². The molecule has 1 atom stereocenters. The van der Waals surface area contributed by atoms with Gasteiger partial charge in [-0.3, -0.25) is 0 Å². The lowest BCUT2D eigenvalue weighted by Gasteiger charge is -2.23. The largest absolute Gasteiger partial charge is 0.497 e. The lowest BCUT2D eigenvalue weighted by Crippen LogP contribution is -2.35. The van der Waals surface area contributed by atoms with Crippen molar-refractivity contribution in [3.05, 3.63) is 30.5 Å². The van der Waals surface area contributed by atoms with Crippen LogP contribution in [0.25, 0.3) is 10.8 Å². The zero-order valence-corrected chi connectivity index (χ0v) is 12.5. The molecule has 21 heavy (non-hydrogen) atoms. The number of hydrogen-bond acceptors (Lipinski definition) is 4. The van der Waals surface area contributed by atoms with Gasteiger partial charge in [-0.1, -0.05) is 12.5 Å². The maximum absolute atomic E-state index is 5.91. The predicted molar refractivity (Wildman–Crippen MR) is 84.0 cm³/mol. The summed E-state index contributed by atoms with van der Waals surface area (Å²) in [6.45, 7) is 1.83. The standard InChI is InChI=1S/C17H22N2O2/c1-20-15-6-5-13-7-10-19-17(16(13)12-15)21-11-8-14-4-2-3-9-18-14/h5-7,10,12,14,18H,2-4,8-9,11H2,1H3. The first-order chi connectivity index (χ1) is 10.4. The molecule has 2 heterocycles. The summed E-state index contributed by atoms with van der Waals surface area (Å²) >= 11 is 0. The fourth-order valence-corrected chi connectivity index (χ4v) is 2.83. The monoisotopic (exact) mass is 286 g/mol. The molecule has 112 valence electrons. The quantitative estimate of drug-likeness (QED) is 0.917. The number of methoxy groups -OCH3 is 1. The summed E-state index contributed by atoms with van der Waals surface area (Å²) in [5, 5.41) is 5.67. The zero-order valence-electron chi connectivity index (χ0n) is 12.5. The summed E-state index contributed by atoms with van der Waals surface area (Å²) in [6, 6.07) is 8.55. The summed E-state index contributed by atoms with van der Waals surface area (Å²) in [5.74, 6) is 1.52. The molecule has 1 N–H and O–H groups in total. The van der Waals surface area contributed by atoms with E-state index in [1.807, 2.05) is 24.3 Å². The molecule has 2 aromatic rings. The number of rotatable bonds is 5. The van der Waals surface area contributed by atoms with Gasteiger partial charge in [0.2, 0.25) is 5.88 Å². The normalized spacial score (nSPS) is 18.6. The van der Waals surface area contributed by atoms with E-state index in [1.54, 1.807) is 13.3 Å². The molecule has 1 aliphatic rings. The highest BCUT2D eigenvalue weighted by molar-refractivity contribution is 5.87. The van der Waals surface area contributed by atoms with Gasteiger partial charge in [0.25, 0.3) is 0 Å². The first-order valence-electron chi connectivity index (χ1n) is 7.66. The second-order valence-corrected chi connectivity index (χ2v) is 5.49. The molecule has 0 aliphatic carbocycles. The van der Waals surface area contributed by atoms with Gasteiger partial charge in [0.05, 0.1) is 13.7 Å². The second-order valence-electron chi connectivity index (χ2n) is 5.49. The summed E-state index contributed by atoms with van der Waals surface area (Å²) < 4.78 is 11.2. The molecule has 0 spiro atoms. The van der Waals surface area contributed by atoms with Crippen molar-refractivity contribution in [3.8, 4) is 11.6 Å². The van der Waals surface area contributed by atoms with Gasteiger partial charge in [-0.15, -0.1) is 0 Å². The molecule has 4 heteroatoms. The maximum atomic E-state index is 5.91. The minimum atomic E-state index is 0.586. The molecule has 1 aromatic heterocycles. The van der Waals surface area contributed by atoms with Gasteiger partial charge < -0.3 is 14.8 Å². The van der Waals surface area contributed by atoms with Crippen LogP contribution in [0, 0.1) is 0 Å². The second kappa shape index (κ2) is 6.76. The fourth-order valence-electron chi connectivity index (χ4n) is 2.83. The van der Waals surface area contributed by atoms with Crippen molar-refractivity contribution in [2.24, 2.45) is 0 Å². The first-order valence-corrected chi connectivity index (χ1v) is 7.66. The van der Waals surface area contributed by atoms with Crippen molar-refractivity contribution in [2.75, 3.05) is 20.3 Å². The van der Waals surface area contributed by atoms with E-state index in [-0.39, 0.29) is 0 Å². The van der Waals surface area contributed by atoms with E-state index < -0.39 is 0 Å². The Morgan fingerprint density at radius 3 is 3.05 bits per heavy atom. The summed E-state index contributed by atoms with van der Waals surface area (Å²) in [6.07, 6.45) is 6.69. The Bertz CT molecular complexity index is 594. The lowest BCUT2D eigenvalue weighted by atomic mass is 10.0. The molecule has 4 nitrogen and oxygen atoms in total. The zero-order chi connectivity index (χ0) is 14.5. The minimum absolute atomic E-state index is 0.586. The number of ether oxygens (including phenoxy) is 2. The Hall–Kier alpha value is -1.81. The van der Waals surface area contributed by atoms with E-state index in [4.69, 9.17) is 9.47 Å². The number of piperidine rings is 1. The van der Waals surface area contributed by atoms with Gasteiger partial charge in [-0.2, -0.15) is 0 Å². The van der Waals surface area contributed by atoms with Crippen LogP contribution in [0.1, 0.15) is 25.7 Å². The van der Waals surface area contributed by atoms with Crippen molar-refractivity contribution in [1.29, 1.82) is 0 Å². The molecule has 1 fully saturated rings. The van der Waals surface area contributed by atoms with Gasteiger partial charge in [-0.05, 0) is 49.4 Å². The SMILES string of the molecule is COc1ccc2ccnc(OCCC3CCCCN3)c2c1. The molecule has 0 bridgehead atoms. The van der Waals surface area contributed by atoms with Crippen LogP contribution in [0.15, 0.2) is 30.5 Å². The molecular formula is C17H22N2O2. The molecule has 1 aliphatic heterocycles. The number of aromatic nitrogens is 1. The first kappa shape index (κ1) is 14.1. The van der Waals surface area contributed by atoms with E-state index in [9.17, 15) is 0 Å². The number of hydrogen-bond donors (Lipinski definition) is 1. The molecule has 1 saturated heterocycles. The van der Waals surface area contributed by atoms with Crippen molar-refractivity contribution >= 4 is 10.8 Å². The smallest absolute Gasteiger partial charge is 0.221 e. The van der Waals surface area contributed by atoms with Crippen LogP contribution in [-0.2, 0) is 0 Å². The van der Waals surface area contributed by atoms with Gasteiger partial charge >= 0.3 is 0 Å². The summed E-state index contributed by atoms with van der Waals surface area (Å²) in [7, 11) is 1.67. The van der Waals surface area contributed by atoms with E-state index in [0.717, 1.165) is 29.5 Å². The highest BCUT2D eigenvalue weighted by atomic mass is 16.5. The number of nitrogens with one attached hydrogen (secondary N) is 1. The van der Waals surface area contributed by atoms with Gasteiger partial charge in [-0.25, -0.2) is 4.98 Å². The molecule has 1 unspecified atom stereocenters. The molecular weight excluding hydrogens is 264 g/mol. The third-order valence-corrected chi connectivity index (χ3v) is 4.05. The minimum Gasteiger partial charge on any atom is -0.497 e. The summed E-state index contributed by atoms with van der Waals surface area (Å²) in [5.41, 5.74) is 0. The van der Waals surface area contributed by atoms with E-state index >= 15 is 0 Å². The molecule has 3 rings (SSSR count). The topological polar surface area (TPSA) is 43.4 Å². The lowest BCUT2D eigenvalue weighted by molar-refractivity contribution is 0.263. The maximum Gasteiger partial charge on any atom is 0.221 e. The van der Waals surface area contributed by atoms with Crippen LogP contribution in [0.2, 0.25) is 0 Å². The Morgan fingerprint density at radius 2 is 2.24 bits per heavy atom. The molecule has 1 aromatic carbocycles. The van der Waals surface area contributed by atoms with Crippen molar-refractivity contribution in [3.63, 3.8) is 0 Å². The third kappa shape index (κ3) is 3.45. The summed E-state index contributed by atoms with van der Waals surface area (Å²) in [4.78, 5) is 4.37. The van der Waals surface area contributed by atoms with Crippen LogP contribution in [-0.4, -0.2) is 31.3 Å². The number of pyridine rings is 1. The van der Waals surface area contributed by atoms with Crippen LogP contribution < -0.4 is 14.8 Å². The average molecular weight is 286 g/mol. The highest BCUT2D eigenvalue weighted by Gasteiger charge is 2.13. The Balaban J connectivity index is 1.68. The van der Waals surface area contributed by atoms with E-state index in [0.29, 0.717) is 18.5 Å². The molecule has 0 radical (unpaired) electrons. The predicted octanol–water partition coefficient (Wildman–Crippen LogP) is 3.15. The van der Waals surface area contributed by atoms with E-state index in [2.05, 4.69) is 10.3 Å². The number of nitrogens with zero attached hydrogens (tertiary/aromatic N) is 1. The highest BCUT2D eigenvalue weighted by Crippen LogP contribution is 2.27. The Morgan fingerprint density at radius 1 is 1.29 bits per heavy atom. The van der Waals surface area contributed by atoms with Crippen molar-refractivity contribution in [2.45, 2.75) is 31.7 Å². The van der Waals surface area contributed by atoms with Gasteiger partial charge in [0.1, 0.15) is 5.75 Å². The van der Waals surface area contributed by atoms with Crippen LogP contribution in [0.3, 0.4) is 0 Å². The van der Waals surface area contributed by atoms with Gasteiger partial charge in [0, 0.05) is 17.6 Å². The van der Waals surface area contributed by atoms with Crippen molar-refractivity contribution < 1.29 is 9.47 Å². The fraction of sp³-hybridized carbons (Fsp3) is 0.471. The Kier molecular flexibility index (Phi) is 4.55. The van der Waals surface area contributed by atoms with E-state index in [1.165, 1.54) is 19.3 Å². The Labute approximate surface area is 125 Å². The third-order valence-electron chi connectivity index (χ3n) is 4.05. The molecule has 0 saturated carbocycles. The van der Waals surface area contributed by atoms with Crippen LogP contribution >= 0.6 is 0 Å². The van der Waals surface area contributed by atoms with Crippen molar-refractivity contribution in [1.82, 2.24) is 10.3 Å². The van der Waals surface area contributed by atoms with Crippen LogP contribution in [0.4, 0.5) is 0 Å². The number of benzene rings is 1. The molecule has 0 amide bonds. The van der Waals surface area contributed by atoms with Gasteiger partial charge in [0.15, 0.2) is 0 Å². The number of fused-ring (bicyclic) bond motifs is 1. The average Bonchev–Trinajstić information content (AvgIpc) is 2.55.